The van der Waals surface area contributed by atoms with E-state index in [1.54, 1.807) is 19.2 Å². The van der Waals surface area contributed by atoms with Crippen LogP contribution in [0.5, 0.6) is 17.5 Å². The van der Waals surface area contributed by atoms with Gasteiger partial charge in [-0.1, -0.05) is 41.9 Å². The summed E-state index contributed by atoms with van der Waals surface area (Å²) < 4.78 is 16.8. The third-order valence-electron chi connectivity index (χ3n) is 4.92. The summed E-state index contributed by atoms with van der Waals surface area (Å²) in [7, 11) is 1.56. The maximum Gasteiger partial charge on any atom is 0.327 e. The van der Waals surface area contributed by atoms with E-state index >= 15 is 0 Å². The second-order valence-corrected chi connectivity index (χ2v) is 7.18. The predicted octanol–water partition coefficient (Wildman–Crippen LogP) is 4.76. The maximum atomic E-state index is 6.65. The highest BCUT2D eigenvalue weighted by Gasteiger charge is 2.21. The molecule has 2 heterocycles. The average Bonchev–Trinajstić information content (AvgIpc) is 2.74. The quantitative estimate of drug-likeness (QED) is 0.508. The van der Waals surface area contributed by atoms with Crippen molar-refractivity contribution in [3.8, 4) is 28.9 Å². The van der Waals surface area contributed by atoms with E-state index in [1.165, 1.54) is 0 Å². The Hall–Kier alpha value is -3.42. The van der Waals surface area contributed by atoms with Crippen LogP contribution in [0.25, 0.3) is 22.2 Å². The first-order valence-corrected chi connectivity index (χ1v) is 9.65. The van der Waals surface area contributed by atoms with Gasteiger partial charge in [0.15, 0.2) is 17.3 Å². The fraction of sp³-hybridized carbons (Fsp3) is 0.136. The molecule has 4 aromatic rings. The maximum absolute atomic E-state index is 6.65. The number of methoxy groups -OCH3 is 1. The lowest BCUT2D eigenvalue weighted by molar-refractivity contribution is 0.103. The largest absolute Gasteiger partial charge is 0.493 e. The molecule has 2 N–H and O–H groups in total. The van der Waals surface area contributed by atoms with Crippen LogP contribution < -0.4 is 15.2 Å². The topological polar surface area (TPSA) is 92.4 Å². The fourth-order valence-electron chi connectivity index (χ4n) is 3.68. The third kappa shape index (κ3) is 3.18. The Labute approximate surface area is 177 Å². The number of nitrogen functional groups attached to an aromatic ring is 1. The molecule has 0 saturated carbocycles. The summed E-state index contributed by atoms with van der Waals surface area (Å²) in [5.74, 6) is 1.40. The molecular weight excluding hydrogens is 404 g/mol. The molecule has 0 atom stereocenters. The molecule has 150 valence electrons. The molecule has 1 aliphatic rings. The van der Waals surface area contributed by atoms with Crippen molar-refractivity contribution < 1.29 is 14.2 Å². The number of hydrogen-bond donors (Lipinski definition) is 1. The number of anilines is 1. The number of nitrogens with two attached hydrogens (primary N) is 1. The van der Waals surface area contributed by atoms with Gasteiger partial charge in [0.25, 0.3) is 0 Å². The van der Waals surface area contributed by atoms with Crippen LogP contribution in [0.3, 0.4) is 0 Å². The van der Waals surface area contributed by atoms with Crippen LogP contribution in [-0.2, 0) is 18.0 Å². The van der Waals surface area contributed by atoms with E-state index in [-0.39, 0.29) is 12.0 Å². The number of ether oxygens (including phenoxy) is 3. The number of benzene rings is 3. The number of rotatable bonds is 4. The monoisotopic (exact) mass is 420 g/mol. The van der Waals surface area contributed by atoms with Crippen molar-refractivity contribution in [1.29, 1.82) is 0 Å². The van der Waals surface area contributed by atoms with Crippen LogP contribution in [-0.4, -0.2) is 22.1 Å². The van der Waals surface area contributed by atoms with Crippen LogP contribution in [0.2, 0.25) is 5.02 Å². The normalized spacial score (nSPS) is 12.7. The van der Waals surface area contributed by atoms with E-state index in [0.717, 1.165) is 21.9 Å². The molecule has 0 radical (unpaired) electrons. The Morgan fingerprint density at radius 1 is 0.967 bits per heavy atom. The minimum absolute atomic E-state index is 0.0322. The molecule has 0 saturated heterocycles. The van der Waals surface area contributed by atoms with Gasteiger partial charge in [0.05, 0.1) is 25.3 Å². The summed E-state index contributed by atoms with van der Waals surface area (Å²) in [6.07, 6.45) is 0. The van der Waals surface area contributed by atoms with Crippen molar-refractivity contribution >= 4 is 28.3 Å². The van der Waals surface area contributed by atoms with Gasteiger partial charge in [0.1, 0.15) is 0 Å². The molecule has 7 nitrogen and oxygen atoms in total. The van der Waals surface area contributed by atoms with Gasteiger partial charge >= 0.3 is 6.01 Å². The molecule has 8 heteroatoms. The molecule has 0 amide bonds. The number of aromatic nitrogens is 3. The smallest absolute Gasteiger partial charge is 0.327 e. The van der Waals surface area contributed by atoms with Crippen LogP contribution >= 0.6 is 11.6 Å². The standard InChI is InChI=1S/C22H17ClN4O3/c1-28-16-7-2-3-8-17(16)30-22-26-20(25-21(24)27-22)19-14-6-4-5-12-10-29-11-13(18(12)14)9-15(19)23/h2-9H,10-11H2,1H3,(H2,24,25,26,27). The SMILES string of the molecule is COc1ccccc1Oc1nc(N)nc(-c2c(Cl)cc3c4c(cccc24)COC3)n1. The predicted molar refractivity (Wildman–Crippen MR) is 114 cm³/mol. The Morgan fingerprint density at radius 3 is 2.60 bits per heavy atom. The van der Waals surface area contributed by atoms with Crippen LogP contribution in [0, 0.1) is 0 Å². The highest BCUT2D eigenvalue weighted by atomic mass is 35.5. The van der Waals surface area contributed by atoms with Crippen molar-refractivity contribution in [3.05, 3.63) is 64.7 Å². The van der Waals surface area contributed by atoms with Gasteiger partial charge in [0.2, 0.25) is 5.95 Å². The minimum Gasteiger partial charge on any atom is -0.493 e. The molecule has 0 fully saturated rings. The fourth-order valence-corrected chi connectivity index (χ4v) is 3.99. The van der Waals surface area contributed by atoms with Gasteiger partial charge in [-0.3, -0.25) is 0 Å². The van der Waals surface area contributed by atoms with E-state index in [4.69, 9.17) is 31.5 Å². The van der Waals surface area contributed by atoms with E-state index < -0.39 is 0 Å². The molecule has 1 aromatic heterocycles. The van der Waals surface area contributed by atoms with E-state index in [9.17, 15) is 0 Å². The first kappa shape index (κ1) is 18.6. The second kappa shape index (κ2) is 7.44. The van der Waals surface area contributed by atoms with E-state index in [0.29, 0.717) is 41.1 Å². The van der Waals surface area contributed by atoms with Gasteiger partial charge < -0.3 is 19.9 Å². The van der Waals surface area contributed by atoms with Crippen molar-refractivity contribution in [1.82, 2.24) is 15.0 Å². The zero-order valence-electron chi connectivity index (χ0n) is 16.1. The van der Waals surface area contributed by atoms with Crippen LogP contribution in [0.4, 0.5) is 5.95 Å². The zero-order chi connectivity index (χ0) is 20.7. The van der Waals surface area contributed by atoms with Gasteiger partial charge in [-0.15, -0.1) is 0 Å². The van der Waals surface area contributed by atoms with Crippen molar-refractivity contribution in [2.24, 2.45) is 0 Å². The number of hydrogen-bond acceptors (Lipinski definition) is 7. The number of halogens is 1. The Morgan fingerprint density at radius 2 is 1.77 bits per heavy atom. The summed E-state index contributed by atoms with van der Waals surface area (Å²) in [5, 5.41) is 2.55. The Balaban J connectivity index is 1.66. The molecule has 0 aliphatic carbocycles. The molecular formula is C22H17ClN4O3. The van der Waals surface area contributed by atoms with Crippen LogP contribution in [0.15, 0.2) is 48.5 Å². The van der Waals surface area contributed by atoms with Gasteiger partial charge in [-0.05, 0) is 40.1 Å². The zero-order valence-corrected chi connectivity index (χ0v) is 16.8. The van der Waals surface area contributed by atoms with Gasteiger partial charge in [-0.25, -0.2) is 0 Å². The summed E-state index contributed by atoms with van der Waals surface area (Å²) in [4.78, 5) is 12.9. The highest BCUT2D eigenvalue weighted by molar-refractivity contribution is 6.35. The number of para-hydroxylation sites is 2. The molecule has 0 unspecified atom stereocenters. The highest BCUT2D eigenvalue weighted by Crippen LogP contribution is 2.40. The molecule has 0 bridgehead atoms. The summed E-state index contributed by atoms with van der Waals surface area (Å²) in [5.41, 5.74) is 8.79. The molecule has 30 heavy (non-hydrogen) atoms. The van der Waals surface area contributed by atoms with Crippen molar-refractivity contribution in [2.45, 2.75) is 13.2 Å². The molecule has 1 aliphatic heterocycles. The van der Waals surface area contributed by atoms with Crippen LogP contribution in [0.1, 0.15) is 11.1 Å². The Kier molecular flexibility index (Phi) is 4.61. The first-order valence-electron chi connectivity index (χ1n) is 9.27. The summed E-state index contributed by atoms with van der Waals surface area (Å²) in [6, 6.07) is 15.2. The Bertz CT molecular complexity index is 1280. The van der Waals surface area contributed by atoms with Gasteiger partial charge in [-0.2, -0.15) is 15.0 Å². The molecule has 5 rings (SSSR count). The lowest BCUT2D eigenvalue weighted by atomic mass is 9.94. The van der Waals surface area contributed by atoms with E-state index in [2.05, 4.69) is 15.0 Å². The molecule has 3 aromatic carbocycles. The number of nitrogens with zero attached hydrogens (tertiary/aromatic N) is 3. The van der Waals surface area contributed by atoms with Gasteiger partial charge in [0, 0.05) is 5.56 Å². The summed E-state index contributed by atoms with van der Waals surface area (Å²) >= 11 is 6.65. The second-order valence-electron chi connectivity index (χ2n) is 6.78. The third-order valence-corrected chi connectivity index (χ3v) is 5.22. The van der Waals surface area contributed by atoms with Crippen molar-refractivity contribution in [2.75, 3.05) is 12.8 Å². The molecule has 0 spiro atoms. The average molecular weight is 421 g/mol. The van der Waals surface area contributed by atoms with E-state index in [1.807, 2.05) is 36.4 Å². The lowest BCUT2D eigenvalue weighted by Crippen LogP contribution is -2.07. The summed E-state index contributed by atoms with van der Waals surface area (Å²) in [6.45, 7) is 1.06. The first-order chi connectivity index (χ1) is 14.6. The van der Waals surface area contributed by atoms with Crippen molar-refractivity contribution in [3.63, 3.8) is 0 Å². The lowest BCUT2D eigenvalue weighted by Gasteiger charge is -2.20. The minimum atomic E-state index is 0.0322.